The minimum Gasteiger partial charge on any atom is -0.126 e. The van der Waals surface area contributed by atoms with Crippen molar-refractivity contribution in [3.63, 3.8) is 0 Å². The minimum atomic E-state index is 0.867. The van der Waals surface area contributed by atoms with Crippen LogP contribution in [-0.4, -0.2) is 5.88 Å². The van der Waals surface area contributed by atoms with Gasteiger partial charge in [0.15, 0.2) is 0 Å². The second-order valence-electron chi connectivity index (χ2n) is 2.13. The molecule has 0 aromatic carbocycles. The highest BCUT2D eigenvalue weighted by atomic mass is 35.5. The summed E-state index contributed by atoms with van der Waals surface area (Å²) in [5.74, 6) is 2.68. The second kappa shape index (κ2) is 1.42. The molecular weight excluding hydrogens is 95.5 g/mol. The lowest BCUT2D eigenvalue weighted by atomic mass is 10.4. The second-order valence-corrected chi connectivity index (χ2v) is 2.44. The molecule has 1 saturated carbocycles. The summed E-state index contributed by atoms with van der Waals surface area (Å²) in [6, 6.07) is 0. The summed E-state index contributed by atoms with van der Waals surface area (Å²) in [5, 5.41) is 0. The quantitative estimate of drug-likeness (QED) is 0.446. The fourth-order valence-corrected chi connectivity index (χ4v) is 1.04. The van der Waals surface area contributed by atoms with Crippen LogP contribution in [0.25, 0.3) is 0 Å². The van der Waals surface area contributed by atoms with Crippen LogP contribution >= 0.6 is 11.6 Å². The molecule has 0 heterocycles. The summed E-state index contributed by atoms with van der Waals surface area (Å²) >= 11 is 5.49. The summed E-state index contributed by atoms with van der Waals surface area (Å²) in [6.45, 7) is 2.24. The van der Waals surface area contributed by atoms with E-state index < -0.39 is 0 Å². The SMILES string of the molecule is C[C@H]1C[C@H]1CCl. The van der Waals surface area contributed by atoms with Crippen LogP contribution < -0.4 is 0 Å². The largest absolute Gasteiger partial charge is 0.126 e. The van der Waals surface area contributed by atoms with Crippen molar-refractivity contribution < 1.29 is 0 Å². The molecule has 0 radical (unpaired) electrons. The maximum atomic E-state index is 5.49. The molecule has 0 nitrogen and oxygen atoms in total. The van der Waals surface area contributed by atoms with Crippen molar-refractivity contribution in [1.29, 1.82) is 0 Å². The monoisotopic (exact) mass is 104 g/mol. The number of alkyl halides is 1. The molecule has 0 aliphatic heterocycles. The Kier molecular flexibility index (Phi) is 1.05. The maximum absolute atomic E-state index is 5.49. The van der Waals surface area contributed by atoms with E-state index in [2.05, 4.69) is 6.92 Å². The van der Waals surface area contributed by atoms with Crippen LogP contribution in [0.5, 0.6) is 0 Å². The van der Waals surface area contributed by atoms with Crippen molar-refractivity contribution in [1.82, 2.24) is 0 Å². The Morgan fingerprint density at radius 3 is 2.33 bits per heavy atom. The van der Waals surface area contributed by atoms with Gasteiger partial charge in [-0.2, -0.15) is 0 Å². The van der Waals surface area contributed by atoms with Gasteiger partial charge in [-0.25, -0.2) is 0 Å². The van der Waals surface area contributed by atoms with E-state index in [4.69, 9.17) is 11.6 Å². The van der Waals surface area contributed by atoms with Gasteiger partial charge in [-0.15, -0.1) is 11.6 Å². The van der Waals surface area contributed by atoms with Gasteiger partial charge >= 0.3 is 0 Å². The first-order valence-corrected chi connectivity index (χ1v) is 2.94. The van der Waals surface area contributed by atoms with E-state index in [-0.39, 0.29) is 0 Å². The van der Waals surface area contributed by atoms with Crippen molar-refractivity contribution in [3.8, 4) is 0 Å². The molecule has 0 saturated heterocycles. The lowest BCUT2D eigenvalue weighted by molar-refractivity contribution is 0.841. The molecule has 1 heteroatoms. The molecule has 1 fully saturated rings. The van der Waals surface area contributed by atoms with Crippen LogP contribution in [0.2, 0.25) is 0 Å². The average Bonchev–Trinajstić information content (AvgIpc) is 2.19. The van der Waals surface area contributed by atoms with Crippen molar-refractivity contribution in [2.45, 2.75) is 13.3 Å². The number of halogens is 1. The average molecular weight is 105 g/mol. The molecule has 0 bridgehead atoms. The van der Waals surface area contributed by atoms with Crippen molar-refractivity contribution in [3.05, 3.63) is 0 Å². The highest BCUT2D eigenvalue weighted by molar-refractivity contribution is 6.18. The number of rotatable bonds is 1. The van der Waals surface area contributed by atoms with Gasteiger partial charge < -0.3 is 0 Å². The molecule has 0 N–H and O–H groups in total. The van der Waals surface area contributed by atoms with Gasteiger partial charge in [0, 0.05) is 5.88 Å². The molecule has 0 amide bonds. The van der Waals surface area contributed by atoms with E-state index in [0.717, 1.165) is 17.7 Å². The molecule has 0 unspecified atom stereocenters. The van der Waals surface area contributed by atoms with Crippen LogP contribution in [-0.2, 0) is 0 Å². The van der Waals surface area contributed by atoms with Crippen LogP contribution in [0.3, 0.4) is 0 Å². The van der Waals surface area contributed by atoms with E-state index in [9.17, 15) is 0 Å². The van der Waals surface area contributed by atoms with E-state index in [0.29, 0.717) is 0 Å². The Labute approximate surface area is 43.5 Å². The highest BCUT2D eigenvalue weighted by Gasteiger charge is 2.30. The zero-order valence-electron chi connectivity index (χ0n) is 3.95. The molecule has 36 valence electrons. The van der Waals surface area contributed by atoms with E-state index in [1.807, 2.05) is 0 Å². The van der Waals surface area contributed by atoms with Crippen LogP contribution in [0.1, 0.15) is 13.3 Å². The lowest BCUT2D eigenvalue weighted by Crippen LogP contribution is -1.74. The molecule has 0 aromatic rings. The number of hydrogen-bond acceptors (Lipinski definition) is 0. The standard InChI is InChI=1S/C5H9Cl/c1-4-2-5(4)3-6/h4-5H,2-3H2,1H3/t4-,5-/m0/s1. The molecule has 6 heavy (non-hydrogen) atoms. The van der Waals surface area contributed by atoms with Crippen molar-refractivity contribution in [2.75, 3.05) is 5.88 Å². The Morgan fingerprint density at radius 2 is 2.33 bits per heavy atom. The first-order valence-electron chi connectivity index (χ1n) is 2.40. The predicted molar refractivity (Wildman–Crippen MR) is 28.0 cm³/mol. The van der Waals surface area contributed by atoms with Crippen LogP contribution in [0.15, 0.2) is 0 Å². The van der Waals surface area contributed by atoms with E-state index in [1.165, 1.54) is 6.42 Å². The molecule has 2 atom stereocenters. The van der Waals surface area contributed by atoms with Gasteiger partial charge in [-0.05, 0) is 18.3 Å². The minimum absolute atomic E-state index is 0.867. The summed E-state index contributed by atoms with van der Waals surface area (Å²) in [5.41, 5.74) is 0. The van der Waals surface area contributed by atoms with Crippen LogP contribution in [0, 0.1) is 11.8 Å². The fourth-order valence-electron chi connectivity index (χ4n) is 0.614. The number of hydrogen-bond donors (Lipinski definition) is 0. The lowest BCUT2D eigenvalue weighted by Gasteiger charge is -1.77. The fraction of sp³-hybridized carbons (Fsp3) is 1.00. The topological polar surface area (TPSA) is 0 Å². The van der Waals surface area contributed by atoms with Gasteiger partial charge in [0.2, 0.25) is 0 Å². The first-order chi connectivity index (χ1) is 2.84. The van der Waals surface area contributed by atoms with Gasteiger partial charge in [-0.3, -0.25) is 0 Å². The first kappa shape index (κ1) is 4.45. The van der Waals surface area contributed by atoms with Gasteiger partial charge in [0.1, 0.15) is 0 Å². The Morgan fingerprint density at radius 1 is 1.83 bits per heavy atom. The third-order valence-corrected chi connectivity index (χ3v) is 1.87. The van der Waals surface area contributed by atoms with Crippen molar-refractivity contribution in [2.24, 2.45) is 11.8 Å². The molecule has 1 aliphatic rings. The maximum Gasteiger partial charge on any atom is 0.0254 e. The summed E-state index contributed by atoms with van der Waals surface area (Å²) < 4.78 is 0. The molecule has 1 aliphatic carbocycles. The third kappa shape index (κ3) is 0.676. The molecular formula is C5H9Cl. The zero-order chi connectivity index (χ0) is 4.57. The Balaban J connectivity index is 2.09. The van der Waals surface area contributed by atoms with Gasteiger partial charge in [0.25, 0.3) is 0 Å². The Bertz CT molecular complexity index is 49.9. The normalized spacial score (nSPS) is 43.0. The van der Waals surface area contributed by atoms with Gasteiger partial charge in [0.05, 0.1) is 0 Å². The molecule has 0 aromatic heterocycles. The van der Waals surface area contributed by atoms with E-state index >= 15 is 0 Å². The third-order valence-electron chi connectivity index (χ3n) is 1.47. The van der Waals surface area contributed by atoms with E-state index in [1.54, 1.807) is 0 Å². The van der Waals surface area contributed by atoms with Crippen molar-refractivity contribution >= 4 is 11.6 Å². The smallest absolute Gasteiger partial charge is 0.0254 e. The zero-order valence-corrected chi connectivity index (χ0v) is 4.70. The summed E-state index contributed by atoms with van der Waals surface area (Å²) in [4.78, 5) is 0. The predicted octanol–water partition coefficient (Wildman–Crippen LogP) is 1.88. The highest BCUT2D eigenvalue weighted by Crippen LogP contribution is 2.38. The summed E-state index contributed by atoms with van der Waals surface area (Å²) in [7, 11) is 0. The van der Waals surface area contributed by atoms with Crippen LogP contribution in [0.4, 0.5) is 0 Å². The molecule has 0 spiro atoms. The summed E-state index contributed by atoms with van der Waals surface area (Å²) in [6.07, 6.45) is 1.36. The molecule has 1 rings (SSSR count). The van der Waals surface area contributed by atoms with Gasteiger partial charge in [-0.1, -0.05) is 6.92 Å². The Hall–Kier alpha value is 0.290.